The molecule has 0 atom stereocenters. The molecule has 2 aromatic carbocycles. The van der Waals surface area contributed by atoms with E-state index in [9.17, 15) is 4.79 Å². The summed E-state index contributed by atoms with van der Waals surface area (Å²) in [5.74, 6) is 1.09. The minimum Gasteiger partial charge on any atom is -0.492 e. The third kappa shape index (κ3) is 5.72. The number of nitrogens with zero attached hydrogens (tertiary/aromatic N) is 1. The molecule has 6 nitrogen and oxygen atoms in total. The van der Waals surface area contributed by atoms with Crippen LogP contribution in [0.2, 0.25) is 10.0 Å². The number of anilines is 2. The van der Waals surface area contributed by atoms with E-state index in [0.29, 0.717) is 59.2 Å². The van der Waals surface area contributed by atoms with Gasteiger partial charge >= 0.3 is 0 Å². The summed E-state index contributed by atoms with van der Waals surface area (Å²) in [4.78, 5) is 14.9. The highest BCUT2D eigenvalue weighted by Crippen LogP contribution is 2.39. The molecule has 8 heteroatoms. The zero-order chi connectivity index (χ0) is 21.5. The van der Waals surface area contributed by atoms with Crippen LogP contribution in [0.3, 0.4) is 0 Å². The first-order valence-electron chi connectivity index (χ1n) is 10.0. The van der Waals surface area contributed by atoms with Crippen LogP contribution < -0.4 is 19.7 Å². The van der Waals surface area contributed by atoms with E-state index in [0.717, 1.165) is 18.8 Å². The third-order valence-electron chi connectivity index (χ3n) is 4.65. The number of benzene rings is 2. The van der Waals surface area contributed by atoms with Crippen molar-refractivity contribution in [2.24, 2.45) is 0 Å². The SMILES string of the molecule is CCOc1cc(N2CCOCC2)c(OCC)cc1NC(=O)Cc1ccc(Cl)cc1Cl. The van der Waals surface area contributed by atoms with Crippen LogP contribution in [0.5, 0.6) is 11.5 Å². The second-order valence-corrected chi connectivity index (χ2v) is 7.59. The van der Waals surface area contributed by atoms with Crippen LogP contribution in [0.1, 0.15) is 19.4 Å². The zero-order valence-corrected chi connectivity index (χ0v) is 18.7. The summed E-state index contributed by atoms with van der Waals surface area (Å²) in [7, 11) is 0. The van der Waals surface area contributed by atoms with E-state index in [1.54, 1.807) is 18.2 Å². The molecule has 1 amide bonds. The molecule has 0 radical (unpaired) electrons. The molecule has 30 heavy (non-hydrogen) atoms. The van der Waals surface area contributed by atoms with Gasteiger partial charge in [-0.2, -0.15) is 0 Å². The molecule has 162 valence electrons. The summed E-state index contributed by atoms with van der Waals surface area (Å²) < 4.78 is 17.2. The number of rotatable bonds is 8. The van der Waals surface area contributed by atoms with Gasteiger partial charge in [0.15, 0.2) is 0 Å². The van der Waals surface area contributed by atoms with E-state index in [-0.39, 0.29) is 12.3 Å². The Morgan fingerprint density at radius 3 is 2.43 bits per heavy atom. The van der Waals surface area contributed by atoms with Crippen LogP contribution in [0.4, 0.5) is 11.4 Å². The summed E-state index contributed by atoms with van der Waals surface area (Å²) in [6.45, 7) is 7.69. The van der Waals surface area contributed by atoms with Crippen LogP contribution in [0.15, 0.2) is 30.3 Å². The van der Waals surface area contributed by atoms with Crippen LogP contribution in [-0.4, -0.2) is 45.4 Å². The Bertz CT molecular complexity index is 886. The first-order valence-corrected chi connectivity index (χ1v) is 10.8. The van der Waals surface area contributed by atoms with Crippen LogP contribution in [-0.2, 0) is 16.0 Å². The Labute approximate surface area is 187 Å². The van der Waals surface area contributed by atoms with Crippen molar-refractivity contribution >= 4 is 40.5 Å². The molecular weight excluding hydrogens is 427 g/mol. The normalized spacial score (nSPS) is 13.8. The number of amides is 1. The van der Waals surface area contributed by atoms with E-state index in [2.05, 4.69) is 10.2 Å². The van der Waals surface area contributed by atoms with E-state index < -0.39 is 0 Å². The maximum atomic E-state index is 12.7. The molecule has 0 aliphatic carbocycles. The Balaban J connectivity index is 1.86. The van der Waals surface area contributed by atoms with Gasteiger partial charge in [-0.25, -0.2) is 0 Å². The highest BCUT2D eigenvalue weighted by molar-refractivity contribution is 6.35. The Hall–Kier alpha value is -2.15. The van der Waals surface area contributed by atoms with Crippen molar-refractivity contribution in [1.82, 2.24) is 0 Å². The Kier molecular flexibility index (Phi) is 8.08. The van der Waals surface area contributed by atoms with Crippen molar-refractivity contribution < 1.29 is 19.0 Å². The van der Waals surface area contributed by atoms with Gasteiger partial charge in [-0.1, -0.05) is 29.3 Å². The number of carbonyl (C=O) groups excluding carboxylic acids is 1. The summed E-state index contributed by atoms with van der Waals surface area (Å²) in [5, 5.41) is 3.92. The van der Waals surface area contributed by atoms with E-state index in [1.165, 1.54) is 0 Å². The molecule has 3 rings (SSSR count). The minimum absolute atomic E-state index is 0.122. The van der Waals surface area contributed by atoms with Gasteiger partial charge in [-0.3, -0.25) is 4.79 Å². The average Bonchev–Trinajstić information content (AvgIpc) is 2.73. The fourth-order valence-corrected chi connectivity index (χ4v) is 3.75. The van der Waals surface area contributed by atoms with Gasteiger partial charge in [0.2, 0.25) is 5.91 Å². The molecule has 0 aromatic heterocycles. The fraction of sp³-hybridized carbons (Fsp3) is 0.409. The predicted molar refractivity (Wildman–Crippen MR) is 121 cm³/mol. The second-order valence-electron chi connectivity index (χ2n) is 6.74. The molecule has 0 saturated carbocycles. The first kappa shape index (κ1) is 22.5. The predicted octanol–water partition coefficient (Wildman–Crippen LogP) is 4.81. The monoisotopic (exact) mass is 452 g/mol. The van der Waals surface area contributed by atoms with Gasteiger partial charge in [-0.05, 0) is 31.5 Å². The van der Waals surface area contributed by atoms with Gasteiger partial charge in [0.05, 0.1) is 44.2 Å². The molecule has 1 aliphatic rings. The van der Waals surface area contributed by atoms with Gasteiger partial charge in [-0.15, -0.1) is 0 Å². The van der Waals surface area contributed by atoms with Gasteiger partial charge in [0, 0.05) is 35.3 Å². The highest BCUT2D eigenvalue weighted by atomic mass is 35.5. The number of ether oxygens (including phenoxy) is 3. The van der Waals surface area contributed by atoms with Gasteiger partial charge in [0.1, 0.15) is 11.5 Å². The molecule has 0 unspecified atom stereocenters. The summed E-state index contributed by atoms with van der Waals surface area (Å²) >= 11 is 12.1. The summed E-state index contributed by atoms with van der Waals surface area (Å²) in [5.41, 5.74) is 2.20. The number of halogens is 2. The maximum Gasteiger partial charge on any atom is 0.228 e. The second kappa shape index (κ2) is 10.8. The molecule has 1 aliphatic heterocycles. The van der Waals surface area contributed by atoms with Crippen molar-refractivity contribution in [2.75, 3.05) is 49.7 Å². The van der Waals surface area contributed by atoms with Crippen LogP contribution in [0, 0.1) is 0 Å². The molecule has 2 aromatic rings. The van der Waals surface area contributed by atoms with E-state index in [1.807, 2.05) is 26.0 Å². The lowest BCUT2D eigenvalue weighted by atomic mass is 10.1. The number of nitrogens with one attached hydrogen (secondary N) is 1. The molecule has 0 spiro atoms. The standard InChI is InChI=1S/C22H26Cl2N2O4/c1-3-29-20-14-19(26-7-9-28-10-8-26)21(30-4-2)13-18(20)25-22(27)11-15-5-6-16(23)12-17(15)24/h5-6,12-14H,3-4,7-11H2,1-2H3,(H,25,27). The fourth-order valence-electron chi connectivity index (χ4n) is 3.28. The quantitative estimate of drug-likeness (QED) is 0.622. The molecule has 1 fully saturated rings. The van der Waals surface area contributed by atoms with E-state index >= 15 is 0 Å². The van der Waals surface area contributed by atoms with Crippen molar-refractivity contribution in [3.05, 3.63) is 45.9 Å². The number of morpholine rings is 1. The summed E-state index contributed by atoms with van der Waals surface area (Å²) in [6, 6.07) is 8.83. The van der Waals surface area contributed by atoms with Crippen molar-refractivity contribution in [1.29, 1.82) is 0 Å². The minimum atomic E-state index is -0.207. The smallest absolute Gasteiger partial charge is 0.228 e. The lowest BCUT2D eigenvalue weighted by molar-refractivity contribution is -0.115. The van der Waals surface area contributed by atoms with Gasteiger partial charge < -0.3 is 24.4 Å². The highest BCUT2D eigenvalue weighted by Gasteiger charge is 2.20. The van der Waals surface area contributed by atoms with Crippen LogP contribution >= 0.6 is 23.2 Å². The summed E-state index contributed by atoms with van der Waals surface area (Å²) in [6.07, 6.45) is 0.122. The van der Waals surface area contributed by atoms with Gasteiger partial charge in [0.25, 0.3) is 0 Å². The van der Waals surface area contributed by atoms with Crippen LogP contribution in [0.25, 0.3) is 0 Å². The topological polar surface area (TPSA) is 60.0 Å². The number of hydrogen-bond donors (Lipinski definition) is 1. The first-order chi connectivity index (χ1) is 14.5. The van der Waals surface area contributed by atoms with Crippen molar-refractivity contribution in [3.8, 4) is 11.5 Å². The molecular formula is C22H26Cl2N2O4. The molecule has 0 bridgehead atoms. The lowest BCUT2D eigenvalue weighted by Crippen LogP contribution is -2.36. The molecule has 1 saturated heterocycles. The molecule has 1 heterocycles. The number of carbonyl (C=O) groups is 1. The van der Waals surface area contributed by atoms with Crippen molar-refractivity contribution in [2.45, 2.75) is 20.3 Å². The maximum absolute atomic E-state index is 12.7. The van der Waals surface area contributed by atoms with Crippen molar-refractivity contribution in [3.63, 3.8) is 0 Å². The molecule has 1 N–H and O–H groups in total. The zero-order valence-electron chi connectivity index (χ0n) is 17.2. The average molecular weight is 453 g/mol. The lowest BCUT2D eigenvalue weighted by Gasteiger charge is -2.31. The third-order valence-corrected chi connectivity index (χ3v) is 5.24. The largest absolute Gasteiger partial charge is 0.492 e. The number of hydrogen-bond acceptors (Lipinski definition) is 5. The Morgan fingerprint density at radius 2 is 1.77 bits per heavy atom. The Morgan fingerprint density at radius 1 is 1.07 bits per heavy atom. The van der Waals surface area contributed by atoms with E-state index in [4.69, 9.17) is 37.4 Å².